The van der Waals surface area contributed by atoms with Crippen LogP contribution in [0.15, 0.2) is 18.2 Å². The fraction of sp³-hybridized carbons (Fsp3) is 0.650. The van der Waals surface area contributed by atoms with E-state index in [9.17, 15) is 5.26 Å². The molecule has 0 amide bonds. The molecular weight excluding hydrogens is 314 g/mol. The first-order valence-corrected chi connectivity index (χ1v) is 9.41. The first-order valence-electron chi connectivity index (χ1n) is 9.41. The minimum absolute atomic E-state index is 0.249. The molecule has 2 unspecified atom stereocenters. The van der Waals surface area contributed by atoms with Gasteiger partial charge < -0.3 is 9.47 Å². The van der Waals surface area contributed by atoms with E-state index in [1.54, 1.807) is 0 Å². The third-order valence-corrected chi connectivity index (χ3v) is 4.68. The number of rotatable bonds is 8. The Bertz CT molecular complexity index is 585. The highest BCUT2D eigenvalue weighted by Crippen LogP contribution is 2.33. The molecule has 0 aliphatic carbocycles. The van der Waals surface area contributed by atoms with Crippen molar-refractivity contribution in [3.8, 4) is 17.6 Å². The smallest absolute Gasteiger partial charge is 0.161 e. The lowest BCUT2D eigenvalue weighted by Crippen LogP contribution is -2.52. The molecule has 25 heavy (non-hydrogen) atoms. The highest BCUT2D eigenvalue weighted by atomic mass is 16.5. The molecule has 0 N–H and O–H groups in total. The average Bonchev–Trinajstić information content (AvgIpc) is 2.60. The average molecular weight is 345 g/mol. The predicted octanol–water partition coefficient (Wildman–Crippen LogP) is 3.46. The van der Waals surface area contributed by atoms with Crippen molar-refractivity contribution in [1.29, 1.82) is 5.26 Å². The molecule has 0 bridgehead atoms. The van der Waals surface area contributed by atoms with Gasteiger partial charge in [0.1, 0.15) is 6.04 Å². The van der Waals surface area contributed by atoms with Gasteiger partial charge in [0, 0.05) is 25.7 Å². The zero-order chi connectivity index (χ0) is 18.2. The lowest BCUT2D eigenvalue weighted by atomic mass is 10.0. The number of hydrogen-bond donors (Lipinski definition) is 0. The maximum atomic E-state index is 9.80. The van der Waals surface area contributed by atoms with E-state index in [1.807, 2.05) is 32.0 Å². The quantitative estimate of drug-likeness (QED) is 0.722. The van der Waals surface area contributed by atoms with E-state index in [-0.39, 0.29) is 6.04 Å². The summed E-state index contributed by atoms with van der Waals surface area (Å²) >= 11 is 0. The van der Waals surface area contributed by atoms with Crippen molar-refractivity contribution in [3.63, 3.8) is 0 Å². The normalized spacial score (nSPS) is 20.0. The Labute approximate surface area is 152 Å². The highest BCUT2D eigenvalue weighted by Gasteiger charge is 2.29. The zero-order valence-electron chi connectivity index (χ0n) is 16.0. The van der Waals surface area contributed by atoms with Crippen molar-refractivity contribution < 1.29 is 9.47 Å². The van der Waals surface area contributed by atoms with Crippen molar-refractivity contribution in [2.45, 2.75) is 46.2 Å². The number of nitriles is 1. The molecular formula is C20H31N3O2. The van der Waals surface area contributed by atoms with Gasteiger partial charge in [-0.3, -0.25) is 9.80 Å². The molecule has 5 heteroatoms. The molecule has 1 aliphatic rings. The van der Waals surface area contributed by atoms with Crippen LogP contribution in [-0.2, 0) is 0 Å². The topological polar surface area (TPSA) is 48.7 Å². The summed E-state index contributed by atoms with van der Waals surface area (Å²) in [5.74, 6) is 1.46. The first kappa shape index (κ1) is 19.6. The molecule has 138 valence electrons. The summed E-state index contributed by atoms with van der Waals surface area (Å²) in [6.45, 7) is 13.5. The van der Waals surface area contributed by atoms with E-state index < -0.39 is 0 Å². The van der Waals surface area contributed by atoms with Gasteiger partial charge in [0.15, 0.2) is 11.5 Å². The summed E-state index contributed by atoms with van der Waals surface area (Å²) in [6.07, 6.45) is 1.17. The standard InChI is InChI=1S/C20H31N3O2/c1-5-10-22-11-12-23(15-16(22)4)18(14-21)17-8-9-19(24-6-2)20(13-17)25-7-3/h8-9,13,16,18H,5-7,10-12,15H2,1-4H3. The Morgan fingerprint density at radius 3 is 2.48 bits per heavy atom. The van der Waals surface area contributed by atoms with Crippen molar-refractivity contribution in [2.24, 2.45) is 0 Å². The fourth-order valence-electron chi connectivity index (χ4n) is 3.48. The minimum Gasteiger partial charge on any atom is -0.490 e. The maximum absolute atomic E-state index is 9.80. The maximum Gasteiger partial charge on any atom is 0.161 e. The van der Waals surface area contributed by atoms with Crippen molar-refractivity contribution in [3.05, 3.63) is 23.8 Å². The Balaban J connectivity index is 2.17. The van der Waals surface area contributed by atoms with E-state index in [4.69, 9.17) is 9.47 Å². The third-order valence-electron chi connectivity index (χ3n) is 4.68. The second-order valence-electron chi connectivity index (χ2n) is 6.48. The van der Waals surface area contributed by atoms with Crippen LogP contribution in [-0.4, -0.2) is 55.2 Å². The Morgan fingerprint density at radius 1 is 1.16 bits per heavy atom. The van der Waals surface area contributed by atoms with E-state index in [0.717, 1.165) is 43.2 Å². The number of hydrogen-bond acceptors (Lipinski definition) is 5. The van der Waals surface area contributed by atoms with Crippen LogP contribution in [0, 0.1) is 11.3 Å². The zero-order valence-corrected chi connectivity index (χ0v) is 16.0. The molecule has 2 atom stereocenters. The van der Waals surface area contributed by atoms with Gasteiger partial charge in [0.05, 0.1) is 19.3 Å². The molecule has 0 spiro atoms. The van der Waals surface area contributed by atoms with Gasteiger partial charge in [-0.1, -0.05) is 13.0 Å². The van der Waals surface area contributed by atoms with Gasteiger partial charge in [-0.05, 0) is 51.4 Å². The largest absolute Gasteiger partial charge is 0.490 e. The molecule has 0 aromatic heterocycles. The van der Waals surface area contributed by atoms with Crippen LogP contribution in [0.25, 0.3) is 0 Å². The van der Waals surface area contributed by atoms with Gasteiger partial charge in [0.2, 0.25) is 0 Å². The van der Waals surface area contributed by atoms with Crippen LogP contribution in [0.5, 0.6) is 11.5 Å². The van der Waals surface area contributed by atoms with Gasteiger partial charge in [-0.15, -0.1) is 0 Å². The summed E-state index contributed by atoms with van der Waals surface area (Å²) in [5, 5.41) is 9.80. The van der Waals surface area contributed by atoms with E-state index in [2.05, 4.69) is 29.7 Å². The lowest BCUT2D eigenvalue weighted by molar-refractivity contribution is 0.0690. The highest BCUT2D eigenvalue weighted by molar-refractivity contribution is 5.45. The number of ether oxygens (including phenoxy) is 2. The van der Waals surface area contributed by atoms with Crippen LogP contribution in [0.1, 0.15) is 45.7 Å². The molecule has 5 nitrogen and oxygen atoms in total. The number of benzene rings is 1. The SMILES string of the molecule is CCCN1CCN(C(C#N)c2ccc(OCC)c(OCC)c2)CC1C. The summed E-state index contributed by atoms with van der Waals surface area (Å²) in [7, 11) is 0. The van der Waals surface area contributed by atoms with Crippen LogP contribution in [0.2, 0.25) is 0 Å². The van der Waals surface area contributed by atoms with Crippen LogP contribution < -0.4 is 9.47 Å². The van der Waals surface area contributed by atoms with Crippen molar-refractivity contribution in [1.82, 2.24) is 9.80 Å². The lowest BCUT2D eigenvalue weighted by Gasteiger charge is -2.41. The fourth-order valence-corrected chi connectivity index (χ4v) is 3.48. The Kier molecular flexibility index (Phi) is 7.54. The van der Waals surface area contributed by atoms with Crippen molar-refractivity contribution in [2.75, 3.05) is 39.4 Å². The van der Waals surface area contributed by atoms with E-state index in [0.29, 0.717) is 19.3 Å². The van der Waals surface area contributed by atoms with Crippen molar-refractivity contribution >= 4 is 0 Å². The molecule has 1 aliphatic heterocycles. The molecule has 0 radical (unpaired) electrons. The van der Waals surface area contributed by atoms with Crippen LogP contribution >= 0.6 is 0 Å². The van der Waals surface area contributed by atoms with Gasteiger partial charge in [0.25, 0.3) is 0 Å². The van der Waals surface area contributed by atoms with Crippen LogP contribution in [0.3, 0.4) is 0 Å². The summed E-state index contributed by atoms with van der Waals surface area (Å²) in [6, 6.07) is 8.59. The van der Waals surface area contributed by atoms with Gasteiger partial charge >= 0.3 is 0 Å². The second kappa shape index (κ2) is 9.65. The number of nitrogens with zero attached hydrogens (tertiary/aromatic N) is 3. The molecule has 1 fully saturated rings. The minimum atomic E-state index is -0.249. The monoisotopic (exact) mass is 345 g/mol. The predicted molar refractivity (Wildman–Crippen MR) is 100 cm³/mol. The van der Waals surface area contributed by atoms with E-state index >= 15 is 0 Å². The molecule has 1 saturated heterocycles. The summed E-state index contributed by atoms with van der Waals surface area (Å²) < 4.78 is 11.4. The first-order chi connectivity index (χ1) is 12.1. The molecule has 2 rings (SSSR count). The summed E-state index contributed by atoms with van der Waals surface area (Å²) in [5.41, 5.74) is 0.977. The Morgan fingerprint density at radius 2 is 1.88 bits per heavy atom. The van der Waals surface area contributed by atoms with Gasteiger partial charge in [-0.2, -0.15) is 5.26 Å². The molecule has 1 aromatic carbocycles. The van der Waals surface area contributed by atoms with E-state index in [1.165, 1.54) is 6.42 Å². The summed E-state index contributed by atoms with van der Waals surface area (Å²) in [4.78, 5) is 4.79. The number of piperazine rings is 1. The Hall–Kier alpha value is -1.77. The second-order valence-corrected chi connectivity index (χ2v) is 6.48. The molecule has 0 saturated carbocycles. The van der Waals surface area contributed by atoms with Gasteiger partial charge in [-0.25, -0.2) is 0 Å². The third kappa shape index (κ3) is 4.87. The van der Waals surface area contributed by atoms with Crippen LogP contribution in [0.4, 0.5) is 0 Å². The molecule has 1 heterocycles. The molecule has 1 aromatic rings.